The summed E-state index contributed by atoms with van der Waals surface area (Å²) >= 11 is 1.71. The van der Waals surface area contributed by atoms with E-state index >= 15 is 0 Å². The van der Waals surface area contributed by atoms with Crippen molar-refractivity contribution in [3.05, 3.63) is 22.4 Å². The number of rotatable bonds is 5. The monoisotopic (exact) mass is 295 g/mol. The van der Waals surface area contributed by atoms with Crippen LogP contribution < -0.4 is 0 Å². The number of carboxylic acid groups (broad SMARTS) is 1. The van der Waals surface area contributed by atoms with Gasteiger partial charge in [0.2, 0.25) is 5.91 Å². The topological polar surface area (TPSA) is 57.6 Å². The number of carbonyl (C=O) groups is 2. The summed E-state index contributed by atoms with van der Waals surface area (Å²) in [6.45, 7) is 2.78. The van der Waals surface area contributed by atoms with E-state index in [1.165, 1.54) is 4.88 Å². The Morgan fingerprint density at radius 3 is 2.95 bits per heavy atom. The first kappa shape index (κ1) is 15.0. The average molecular weight is 295 g/mol. The van der Waals surface area contributed by atoms with E-state index in [-0.39, 0.29) is 5.91 Å². The van der Waals surface area contributed by atoms with Crippen LogP contribution in [0.15, 0.2) is 17.5 Å². The van der Waals surface area contributed by atoms with Gasteiger partial charge < -0.3 is 10.0 Å². The van der Waals surface area contributed by atoms with E-state index in [0.717, 1.165) is 19.3 Å². The smallest absolute Gasteiger partial charge is 0.311 e. The van der Waals surface area contributed by atoms with Crippen LogP contribution in [0.5, 0.6) is 0 Å². The predicted molar refractivity (Wildman–Crippen MR) is 78.8 cm³/mol. The van der Waals surface area contributed by atoms with Crippen LogP contribution in [0.4, 0.5) is 0 Å². The first-order valence-corrected chi connectivity index (χ1v) is 7.93. The van der Waals surface area contributed by atoms with Gasteiger partial charge in [-0.3, -0.25) is 9.59 Å². The van der Waals surface area contributed by atoms with Gasteiger partial charge in [0.1, 0.15) is 0 Å². The zero-order valence-corrected chi connectivity index (χ0v) is 12.6. The number of thiophene rings is 1. The lowest BCUT2D eigenvalue weighted by Gasteiger charge is -2.37. The molecule has 1 N–H and O–H groups in total. The van der Waals surface area contributed by atoms with Gasteiger partial charge in [0.25, 0.3) is 0 Å². The van der Waals surface area contributed by atoms with E-state index in [2.05, 4.69) is 6.07 Å². The molecular weight excluding hydrogens is 274 g/mol. The number of amides is 1. The van der Waals surface area contributed by atoms with E-state index in [0.29, 0.717) is 25.9 Å². The van der Waals surface area contributed by atoms with Crippen LogP contribution >= 0.6 is 11.3 Å². The van der Waals surface area contributed by atoms with Crippen molar-refractivity contribution in [3.63, 3.8) is 0 Å². The third kappa shape index (κ3) is 3.60. The molecule has 2 heterocycles. The summed E-state index contributed by atoms with van der Waals surface area (Å²) < 4.78 is 0. The van der Waals surface area contributed by atoms with Gasteiger partial charge >= 0.3 is 5.97 Å². The fourth-order valence-electron chi connectivity index (χ4n) is 2.65. The number of likely N-dealkylation sites (tertiary alicyclic amines) is 1. The second-order valence-electron chi connectivity index (χ2n) is 5.72. The van der Waals surface area contributed by atoms with Crippen LogP contribution in [0.3, 0.4) is 0 Å². The predicted octanol–water partition coefficient (Wildman–Crippen LogP) is 2.78. The Morgan fingerprint density at radius 1 is 1.50 bits per heavy atom. The van der Waals surface area contributed by atoms with Gasteiger partial charge in [0.05, 0.1) is 5.41 Å². The number of aliphatic carboxylic acids is 1. The fraction of sp³-hybridized carbons (Fsp3) is 0.600. The third-order valence-electron chi connectivity index (χ3n) is 3.96. The second-order valence-corrected chi connectivity index (χ2v) is 6.75. The normalized spacial score (nSPS) is 22.8. The summed E-state index contributed by atoms with van der Waals surface area (Å²) in [6.07, 6.45) is 3.70. The number of piperidine rings is 1. The molecule has 1 unspecified atom stereocenters. The minimum absolute atomic E-state index is 0.0914. The molecule has 1 fully saturated rings. The van der Waals surface area contributed by atoms with Gasteiger partial charge in [-0.25, -0.2) is 0 Å². The molecule has 0 bridgehead atoms. The molecule has 0 aliphatic carbocycles. The van der Waals surface area contributed by atoms with Crippen LogP contribution in [-0.2, 0) is 16.0 Å². The summed E-state index contributed by atoms with van der Waals surface area (Å²) in [5, 5.41) is 11.3. The Bertz CT molecular complexity index is 471. The first-order chi connectivity index (χ1) is 9.51. The molecule has 1 atom stereocenters. The highest BCUT2D eigenvalue weighted by atomic mass is 32.1. The Hall–Kier alpha value is -1.36. The van der Waals surface area contributed by atoms with Crippen LogP contribution in [-0.4, -0.2) is 35.0 Å². The van der Waals surface area contributed by atoms with E-state index in [9.17, 15) is 14.7 Å². The summed E-state index contributed by atoms with van der Waals surface area (Å²) in [5.74, 6) is -0.706. The van der Waals surface area contributed by atoms with Gasteiger partial charge in [0, 0.05) is 24.4 Å². The highest BCUT2D eigenvalue weighted by Crippen LogP contribution is 2.30. The van der Waals surface area contributed by atoms with E-state index in [1.807, 2.05) is 11.4 Å². The minimum Gasteiger partial charge on any atom is -0.481 e. The van der Waals surface area contributed by atoms with Gasteiger partial charge in [-0.2, -0.15) is 0 Å². The maximum absolute atomic E-state index is 12.2. The van der Waals surface area contributed by atoms with Crippen molar-refractivity contribution in [2.24, 2.45) is 5.41 Å². The lowest BCUT2D eigenvalue weighted by Crippen LogP contribution is -2.48. The maximum Gasteiger partial charge on any atom is 0.311 e. The molecule has 1 aromatic rings. The third-order valence-corrected chi connectivity index (χ3v) is 4.90. The van der Waals surface area contributed by atoms with Crippen molar-refractivity contribution < 1.29 is 14.7 Å². The molecule has 4 nitrogen and oxygen atoms in total. The lowest BCUT2D eigenvalue weighted by molar-refractivity contribution is -0.153. The fourth-order valence-corrected chi connectivity index (χ4v) is 3.40. The van der Waals surface area contributed by atoms with Gasteiger partial charge in [-0.1, -0.05) is 6.07 Å². The zero-order chi connectivity index (χ0) is 14.6. The van der Waals surface area contributed by atoms with E-state index in [1.54, 1.807) is 23.2 Å². The van der Waals surface area contributed by atoms with Gasteiger partial charge in [-0.15, -0.1) is 11.3 Å². The van der Waals surface area contributed by atoms with Crippen molar-refractivity contribution in [2.45, 2.75) is 39.0 Å². The molecule has 1 aromatic heterocycles. The number of carboxylic acids is 1. The van der Waals surface area contributed by atoms with Crippen molar-refractivity contribution >= 4 is 23.2 Å². The Labute approximate surface area is 123 Å². The van der Waals surface area contributed by atoms with Crippen LogP contribution in [0.2, 0.25) is 0 Å². The molecule has 20 heavy (non-hydrogen) atoms. The summed E-state index contributed by atoms with van der Waals surface area (Å²) in [4.78, 5) is 26.5. The Balaban J connectivity index is 1.81. The summed E-state index contributed by atoms with van der Waals surface area (Å²) in [7, 11) is 0. The number of aryl methyl sites for hydroxylation is 1. The molecular formula is C15H21NO3S. The van der Waals surface area contributed by atoms with Crippen molar-refractivity contribution in [1.29, 1.82) is 0 Å². The molecule has 0 aromatic carbocycles. The van der Waals surface area contributed by atoms with E-state index < -0.39 is 11.4 Å². The Kier molecular flexibility index (Phi) is 4.81. The number of nitrogens with zero attached hydrogens (tertiary/aromatic N) is 1. The molecule has 1 saturated heterocycles. The molecule has 0 saturated carbocycles. The number of hydrogen-bond donors (Lipinski definition) is 1. The molecule has 1 aliphatic rings. The second kappa shape index (κ2) is 6.39. The van der Waals surface area contributed by atoms with Gasteiger partial charge in [-0.05, 0) is 44.1 Å². The Morgan fingerprint density at radius 2 is 2.30 bits per heavy atom. The molecule has 5 heteroatoms. The van der Waals surface area contributed by atoms with Crippen LogP contribution in [0.1, 0.15) is 37.5 Å². The zero-order valence-electron chi connectivity index (χ0n) is 11.8. The summed E-state index contributed by atoms with van der Waals surface area (Å²) in [6, 6.07) is 4.10. The minimum atomic E-state index is -0.798. The highest BCUT2D eigenvalue weighted by molar-refractivity contribution is 7.09. The number of carbonyl (C=O) groups excluding carboxylic acids is 1. The maximum atomic E-state index is 12.2. The molecule has 1 aliphatic heterocycles. The SMILES string of the molecule is CC1(C(=O)O)CCCN(C(=O)CCCc2cccs2)C1. The number of hydrogen-bond acceptors (Lipinski definition) is 3. The van der Waals surface area contributed by atoms with Crippen LogP contribution in [0, 0.1) is 5.41 Å². The van der Waals surface area contributed by atoms with Gasteiger partial charge in [0.15, 0.2) is 0 Å². The van der Waals surface area contributed by atoms with Crippen molar-refractivity contribution in [3.8, 4) is 0 Å². The summed E-state index contributed by atoms with van der Waals surface area (Å²) in [5.41, 5.74) is -0.776. The molecule has 110 valence electrons. The van der Waals surface area contributed by atoms with Crippen LogP contribution in [0.25, 0.3) is 0 Å². The van der Waals surface area contributed by atoms with Crippen molar-refractivity contribution in [1.82, 2.24) is 4.90 Å². The largest absolute Gasteiger partial charge is 0.481 e. The average Bonchev–Trinajstić information content (AvgIpc) is 2.91. The first-order valence-electron chi connectivity index (χ1n) is 7.05. The highest BCUT2D eigenvalue weighted by Gasteiger charge is 2.39. The molecule has 1 amide bonds. The quantitative estimate of drug-likeness (QED) is 0.908. The molecule has 0 spiro atoms. The van der Waals surface area contributed by atoms with E-state index in [4.69, 9.17) is 0 Å². The standard InChI is InChI=1S/C15H21NO3S/c1-15(14(18)19)8-4-9-16(11-15)13(17)7-2-5-12-6-3-10-20-12/h3,6,10H,2,4-5,7-9,11H2,1H3,(H,18,19). The lowest BCUT2D eigenvalue weighted by atomic mass is 9.82. The van der Waals surface area contributed by atoms with Crippen molar-refractivity contribution in [2.75, 3.05) is 13.1 Å². The molecule has 2 rings (SSSR count). The molecule has 0 radical (unpaired) electrons.